The van der Waals surface area contributed by atoms with Gasteiger partial charge in [0, 0.05) is 16.5 Å². The highest BCUT2D eigenvalue weighted by Gasteiger charge is 2.28. The van der Waals surface area contributed by atoms with E-state index in [1.54, 1.807) is 0 Å². The van der Waals surface area contributed by atoms with E-state index in [1.165, 1.54) is 11.1 Å². The predicted octanol–water partition coefficient (Wildman–Crippen LogP) is 5.31. The van der Waals surface area contributed by atoms with E-state index in [-0.39, 0.29) is 5.54 Å². The van der Waals surface area contributed by atoms with Crippen molar-refractivity contribution in [1.29, 1.82) is 0 Å². The minimum Gasteiger partial charge on any atom is -0.488 e. The molecule has 2 N–H and O–H groups in total. The molecule has 0 amide bonds. The molecule has 0 aliphatic heterocycles. The van der Waals surface area contributed by atoms with Crippen LogP contribution in [0.3, 0.4) is 0 Å². The Morgan fingerprint density at radius 2 is 1.64 bits per heavy atom. The highest BCUT2D eigenvalue weighted by molar-refractivity contribution is 9.10. The molecule has 0 atom stereocenters. The van der Waals surface area contributed by atoms with Gasteiger partial charge in [-0.1, -0.05) is 67.0 Å². The predicted molar refractivity (Wildman–Crippen MR) is 109 cm³/mol. The fourth-order valence-corrected chi connectivity index (χ4v) is 3.82. The summed E-state index contributed by atoms with van der Waals surface area (Å²) in [5, 5.41) is 2.43. The lowest BCUT2D eigenvalue weighted by Crippen LogP contribution is -2.94. The van der Waals surface area contributed by atoms with Crippen LogP contribution >= 0.6 is 15.9 Å². The number of halogens is 1. The topological polar surface area (TPSA) is 25.8 Å². The van der Waals surface area contributed by atoms with Crippen molar-refractivity contribution in [2.45, 2.75) is 59.7 Å². The van der Waals surface area contributed by atoms with Crippen LogP contribution < -0.4 is 10.1 Å². The Balaban J connectivity index is 2.05. The molecule has 0 aliphatic rings. The van der Waals surface area contributed by atoms with E-state index in [4.69, 9.17) is 4.74 Å². The normalized spacial score (nSPS) is 12.2. The zero-order valence-electron chi connectivity index (χ0n) is 16.1. The Kier molecular flexibility index (Phi) is 6.70. The fourth-order valence-electron chi connectivity index (χ4n) is 3.41. The van der Waals surface area contributed by atoms with Gasteiger partial charge in [-0.15, -0.1) is 0 Å². The summed E-state index contributed by atoms with van der Waals surface area (Å²) in [7, 11) is 0. The SMILES string of the molecule is CC(C)(C)CC(C)(C)[NH2+]Cc1cc(Br)ccc1OCc1ccccc1. The minimum absolute atomic E-state index is 0.192. The molecule has 2 rings (SSSR count). The summed E-state index contributed by atoms with van der Waals surface area (Å²) in [4.78, 5) is 0. The van der Waals surface area contributed by atoms with Gasteiger partial charge in [0.05, 0.1) is 5.54 Å². The van der Waals surface area contributed by atoms with Gasteiger partial charge < -0.3 is 10.1 Å². The maximum absolute atomic E-state index is 6.10. The zero-order valence-corrected chi connectivity index (χ0v) is 17.7. The maximum Gasteiger partial charge on any atom is 0.128 e. The first kappa shape index (κ1) is 20.0. The molecule has 0 radical (unpaired) electrons. The number of hydrogen-bond donors (Lipinski definition) is 1. The lowest BCUT2D eigenvalue weighted by atomic mass is 9.82. The molecule has 2 aromatic carbocycles. The van der Waals surface area contributed by atoms with E-state index in [2.05, 4.69) is 80.1 Å². The van der Waals surface area contributed by atoms with Crippen molar-refractivity contribution in [3.05, 3.63) is 64.1 Å². The third-order valence-corrected chi connectivity index (χ3v) is 4.61. The standard InChI is InChI=1S/C22H30BrNO/c1-21(2,3)16-22(4,5)24-14-18-13-19(23)11-12-20(18)25-15-17-9-7-6-8-10-17/h6-13,24H,14-16H2,1-5H3/p+1. The van der Waals surface area contributed by atoms with Crippen molar-refractivity contribution in [3.8, 4) is 5.75 Å². The highest BCUT2D eigenvalue weighted by Crippen LogP contribution is 2.26. The molecule has 2 aromatic rings. The zero-order chi connectivity index (χ0) is 18.5. The summed E-state index contributed by atoms with van der Waals surface area (Å²) in [6, 6.07) is 16.6. The van der Waals surface area contributed by atoms with Crippen molar-refractivity contribution in [2.75, 3.05) is 0 Å². The van der Waals surface area contributed by atoms with Crippen LogP contribution in [0.2, 0.25) is 0 Å². The van der Waals surface area contributed by atoms with Gasteiger partial charge in [-0.2, -0.15) is 0 Å². The molecule has 0 aliphatic carbocycles. The highest BCUT2D eigenvalue weighted by atomic mass is 79.9. The van der Waals surface area contributed by atoms with Crippen LogP contribution in [0.4, 0.5) is 0 Å². The second-order valence-corrected chi connectivity index (χ2v) is 9.58. The smallest absolute Gasteiger partial charge is 0.128 e. The van der Waals surface area contributed by atoms with Gasteiger partial charge in [-0.25, -0.2) is 0 Å². The molecule has 0 saturated heterocycles. The second kappa shape index (κ2) is 8.37. The number of hydrogen-bond acceptors (Lipinski definition) is 1. The van der Waals surface area contributed by atoms with Crippen LogP contribution in [0.5, 0.6) is 5.75 Å². The van der Waals surface area contributed by atoms with Crippen molar-refractivity contribution in [3.63, 3.8) is 0 Å². The van der Waals surface area contributed by atoms with Crippen molar-refractivity contribution < 1.29 is 10.1 Å². The van der Waals surface area contributed by atoms with Gasteiger partial charge in [0.1, 0.15) is 18.9 Å². The number of benzene rings is 2. The van der Waals surface area contributed by atoms with Gasteiger partial charge in [0.2, 0.25) is 0 Å². The van der Waals surface area contributed by atoms with Crippen LogP contribution in [0.1, 0.15) is 52.2 Å². The number of quaternary nitrogens is 1. The summed E-state index contributed by atoms with van der Waals surface area (Å²) in [6.07, 6.45) is 1.16. The maximum atomic E-state index is 6.10. The van der Waals surface area contributed by atoms with Crippen molar-refractivity contribution >= 4 is 15.9 Å². The van der Waals surface area contributed by atoms with Crippen LogP contribution in [0.25, 0.3) is 0 Å². The van der Waals surface area contributed by atoms with Crippen LogP contribution in [-0.4, -0.2) is 5.54 Å². The van der Waals surface area contributed by atoms with E-state index < -0.39 is 0 Å². The first-order valence-corrected chi connectivity index (χ1v) is 9.73. The van der Waals surface area contributed by atoms with E-state index in [0.717, 1.165) is 23.2 Å². The molecule has 2 nitrogen and oxygen atoms in total. The van der Waals surface area contributed by atoms with Gasteiger partial charge in [0.15, 0.2) is 0 Å². The Labute approximate surface area is 161 Å². The first-order chi connectivity index (χ1) is 11.6. The van der Waals surface area contributed by atoms with Crippen molar-refractivity contribution in [2.24, 2.45) is 5.41 Å². The molecular formula is C22H31BrNO+. The van der Waals surface area contributed by atoms with E-state index >= 15 is 0 Å². The monoisotopic (exact) mass is 404 g/mol. The van der Waals surface area contributed by atoms with E-state index in [1.807, 2.05) is 24.3 Å². The average molecular weight is 405 g/mol. The lowest BCUT2D eigenvalue weighted by Gasteiger charge is -2.30. The molecule has 0 aromatic heterocycles. The molecule has 0 fully saturated rings. The summed E-state index contributed by atoms with van der Waals surface area (Å²) >= 11 is 3.59. The Morgan fingerprint density at radius 1 is 0.960 bits per heavy atom. The molecule has 136 valence electrons. The number of rotatable bonds is 7. The molecule has 3 heteroatoms. The molecule has 0 unspecified atom stereocenters. The molecular weight excluding hydrogens is 374 g/mol. The average Bonchev–Trinajstić information content (AvgIpc) is 2.51. The second-order valence-electron chi connectivity index (χ2n) is 8.66. The third-order valence-electron chi connectivity index (χ3n) is 4.12. The van der Waals surface area contributed by atoms with Gasteiger partial charge in [-0.05, 0) is 43.0 Å². The number of ether oxygens (including phenoxy) is 1. The fraction of sp³-hybridized carbons (Fsp3) is 0.455. The summed E-state index contributed by atoms with van der Waals surface area (Å²) in [5.74, 6) is 0.967. The molecule has 0 spiro atoms. The minimum atomic E-state index is 0.192. The molecule has 0 saturated carbocycles. The van der Waals surface area contributed by atoms with Crippen LogP contribution in [0.15, 0.2) is 53.0 Å². The Bertz CT molecular complexity index is 674. The van der Waals surface area contributed by atoms with Gasteiger partial charge in [0.25, 0.3) is 0 Å². The van der Waals surface area contributed by atoms with E-state index in [9.17, 15) is 0 Å². The summed E-state index contributed by atoms with van der Waals surface area (Å²) in [6.45, 7) is 13.1. The Morgan fingerprint density at radius 3 is 2.28 bits per heavy atom. The van der Waals surface area contributed by atoms with Crippen LogP contribution in [0, 0.1) is 5.41 Å². The first-order valence-electron chi connectivity index (χ1n) is 8.94. The largest absolute Gasteiger partial charge is 0.488 e. The number of nitrogens with two attached hydrogens (primary N) is 1. The summed E-state index contributed by atoms with van der Waals surface area (Å²) < 4.78 is 7.20. The summed E-state index contributed by atoms with van der Waals surface area (Å²) in [5.41, 5.74) is 2.93. The Hall–Kier alpha value is -1.32. The third kappa shape index (κ3) is 7.21. The van der Waals surface area contributed by atoms with Crippen LogP contribution in [-0.2, 0) is 13.2 Å². The van der Waals surface area contributed by atoms with Crippen molar-refractivity contribution in [1.82, 2.24) is 0 Å². The van der Waals surface area contributed by atoms with E-state index in [0.29, 0.717) is 12.0 Å². The quantitative estimate of drug-likeness (QED) is 0.664. The molecule has 0 heterocycles. The molecule has 0 bridgehead atoms. The van der Waals surface area contributed by atoms with Gasteiger partial charge in [-0.3, -0.25) is 0 Å². The van der Waals surface area contributed by atoms with Gasteiger partial charge >= 0.3 is 0 Å². The molecule has 25 heavy (non-hydrogen) atoms. The lowest BCUT2D eigenvalue weighted by molar-refractivity contribution is -0.737.